The smallest absolute Gasteiger partial charge is 0.0323 e. The molecule has 1 heterocycles. The van der Waals surface area contributed by atoms with Crippen LogP contribution in [-0.2, 0) is 0 Å². The third kappa shape index (κ3) is 1.53. The lowest BCUT2D eigenvalue weighted by Crippen LogP contribution is -2.14. The Morgan fingerprint density at radius 2 is 2.44 bits per heavy atom. The van der Waals surface area contributed by atoms with Gasteiger partial charge in [-0.1, -0.05) is 22.0 Å². The highest BCUT2D eigenvalue weighted by Crippen LogP contribution is 2.38. The largest absolute Gasteiger partial charge is 0.147 e. The maximum absolute atomic E-state index is 3.47. The molecule has 52 valence electrons. The molecule has 0 spiro atoms. The van der Waals surface area contributed by atoms with E-state index >= 15 is 0 Å². The summed E-state index contributed by atoms with van der Waals surface area (Å²) in [5.41, 5.74) is 1.53. The summed E-state index contributed by atoms with van der Waals surface area (Å²) in [5, 5.41) is 1.03. The van der Waals surface area contributed by atoms with E-state index in [9.17, 15) is 0 Å². The minimum Gasteiger partial charge on any atom is -0.147 e. The van der Waals surface area contributed by atoms with Gasteiger partial charge in [-0.05, 0) is 19.4 Å². The van der Waals surface area contributed by atoms with E-state index in [0.29, 0.717) is 4.75 Å². The third-order valence-electron chi connectivity index (χ3n) is 1.69. The van der Waals surface area contributed by atoms with Crippen LogP contribution in [0.5, 0.6) is 0 Å². The SMILES string of the molecule is CC1(C)SCC=C1CBr. The van der Waals surface area contributed by atoms with Gasteiger partial charge in [-0.25, -0.2) is 0 Å². The van der Waals surface area contributed by atoms with E-state index in [0.717, 1.165) is 5.33 Å². The zero-order valence-corrected chi connectivity index (χ0v) is 8.18. The van der Waals surface area contributed by atoms with Gasteiger partial charge in [0, 0.05) is 15.8 Å². The molecule has 0 radical (unpaired) electrons. The molecule has 0 bridgehead atoms. The lowest BCUT2D eigenvalue weighted by molar-refractivity contribution is 0.851. The van der Waals surface area contributed by atoms with E-state index in [1.807, 2.05) is 11.8 Å². The number of hydrogen-bond acceptors (Lipinski definition) is 1. The fourth-order valence-corrected chi connectivity index (χ4v) is 3.06. The fraction of sp³-hybridized carbons (Fsp3) is 0.714. The highest BCUT2D eigenvalue weighted by Gasteiger charge is 2.26. The quantitative estimate of drug-likeness (QED) is 0.470. The minimum atomic E-state index is 0.392. The summed E-state index contributed by atoms with van der Waals surface area (Å²) >= 11 is 5.48. The highest BCUT2D eigenvalue weighted by atomic mass is 79.9. The van der Waals surface area contributed by atoms with E-state index in [1.54, 1.807) is 0 Å². The van der Waals surface area contributed by atoms with Crippen molar-refractivity contribution in [2.75, 3.05) is 11.1 Å². The van der Waals surface area contributed by atoms with Crippen LogP contribution in [0.25, 0.3) is 0 Å². The van der Waals surface area contributed by atoms with Gasteiger partial charge in [0.2, 0.25) is 0 Å². The normalized spacial score (nSPS) is 24.1. The van der Waals surface area contributed by atoms with Crippen LogP contribution >= 0.6 is 27.7 Å². The summed E-state index contributed by atoms with van der Waals surface area (Å²) in [6.07, 6.45) is 2.32. The Balaban J connectivity index is 2.69. The van der Waals surface area contributed by atoms with Crippen LogP contribution in [0.2, 0.25) is 0 Å². The fourth-order valence-electron chi connectivity index (χ4n) is 0.905. The summed E-state index contributed by atoms with van der Waals surface area (Å²) in [6, 6.07) is 0. The molecule has 0 aromatic carbocycles. The van der Waals surface area contributed by atoms with Crippen LogP contribution in [0, 0.1) is 0 Å². The van der Waals surface area contributed by atoms with Gasteiger partial charge < -0.3 is 0 Å². The second-order valence-electron chi connectivity index (χ2n) is 2.68. The first kappa shape index (κ1) is 7.67. The van der Waals surface area contributed by atoms with Crippen LogP contribution in [-0.4, -0.2) is 15.8 Å². The molecule has 0 aliphatic carbocycles. The standard InChI is InChI=1S/C7H11BrS/c1-7(2)6(5-8)3-4-9-7/h3H,4-5H2,1-2H3. The highest BCUT2D eigenvalue weighted by molar-refractivity contribution is 9.09. The number of alkyl halides is 1. The minimum absolute atomic E-state index is 0.392. The van der Waals surface area contributed by atoms with E-state index < -0.39 is 0 Å². The molecule has 2 heteroatoms. The molecule has 1 rings (SSSR count). The Kier molecular flexibility index (Phi) is 2.27. The zero-order chi connectivity index (χ0) is 6.91. The molecule has 0 aromatic rings. The Morgan fingerprint density at radius 1 is 1.78 bits per heavy atom. The van der Waals surface area contributed by atoms with E-state index in [2.05, 4.69) is 35.9 Å². The lowest BCUT2D eigenvalue weighted by Gasteiger charge is -2.19. The summed E-state index contributed by atoms with van der Waals surface area (Å²) < 4.78 is 0.392. The molecule has 0 amide bonds. The molecule has 0 nitrogen and oxygen atoms in total. The lowest BCUT2D eigenvalue weighted by atomic mass is 10.1. The summed E-state index contributed by atoms with van der Waals surface area (Å²) in [7, 11) is 0. The van der Waals surface area contributed by atoms with Gasteiger partial charge in [-0.3, -0.25) is 0 Å². The molecule has 0 N–H and O–H groups in total. The first-order chi connectivity index (χ1) is 4.17. The second kappa shape index (κ2) is 2.67. The van der Waals surface area contributed by atoms with Crippen molar-refractivity contribution in [3.8, 4) is 0 Å². The average molecular weight is 207 g/mol. The Morgan fingerprint density at radius 3 is 2.67 bits per heavy atom. The van der Waals surface area contributed by atoms with Gasteiger partial charge in [0.15, 0.2) is 0 Å². The summed E-state index contributed by atoms with van der Waals surface area (Å²) in [6.45, 7) is 4.55. The maximum Gasteiger partial charge on any atom is 0.0323 e. The molecular formula is C7H11BrS. The second-order valence-corrected chi connectivity index (χ2v) is 4.89. The van der Waals surface area contributed by atoms with E-state index in [-0.39, 0.29) is 0 Å². The van der Waals surface area contributed by atoms with Crippen LogP contribution in [0.1, 0.15) is 13.8 Å². The van der Waals surface area contributed by atoms with Crippen molar-refractivity contribution in [1.29, 1.82) is 0 Å². The molecule has 9 heavy (non-hydrogen) atoms. The number of rotatable bonds is 1. The first-order valence-corrected chi connectivity index (χ1v) is 5.17. The zero-order valence-electron chi connectivity index (χ0n) is 5.78. The molecule has 0 fully saturated rings. The van der Waals surface area contributed by atoms with Crippen LogP contribution in [0.3, 0.4) is 0 Å². The first-order valence-electron chi connectivity index (χ1n) is 3.06. The predicted octanol–water partition coefficient (Wildman–Crippen LogP) is 2.83. The monoisotopic (exact) mass is 206 g/mol. The number of halogens is 1. The summed E-state index contributed by atoms with van der Waals surface area (Å²) in [4.78, 5) is 0. The molecule has 0 unspecified atom stereocenters. The van der Waals surface area contributed by atoms with Crippen molar-refractivity contribution in [3.63, 3.8) is 0 Å². The molecule has 1 aliphatic heterocycles. The van der Waals surface area contributed by atoms with Crippen molar-refractivity contribution >= 4 is 27.7 Å². The number of thioether (sulfide) groups is 1. The molecule has 0 saturated heterocycles. The molecule has 0 saturated carbocycles. The number of hydrogen-bond donors (Lipinski definition) is 0. The van der Waals surface area contributed by atoms with Gasteiger partial charge in [-0.2, -0.15) is 0 Å². The van der Waals surface area contributed by atoms with Crippen molar-refractivity contribution in [3.05, 3.63) is 11.6 Å². The Labute approximate surface area is 69.2 Å². The van der Waals surface area contributed by atoms with Crippen molar-refractivity contribution in [2.24, 2.45) is 0 Å². The van der Waals surface area contributed by atoms with Gasteiger partial charge >= 0.3 is 0 Å². The Hall–Kier alpha value is 0.570. The van der Waals surface area contributed by atoms with Gasteiger partial charge in [0.25, 0.3) is 0 Å². The average Bonchev–Trinajstić information content (AvgIpc) is 2.08. The predicted molar refractivity (Wildman–Crippen MR) is 48.4 cm³/mol. The van der Waals surface area contributed by atoms with Crippen molar-refractivity contribution in [2.45, 2.75) is 18.6 Å². The molecule has 1 aliphatic rings. The summed E-state index contributed by atoms with van der Waals surface area (Å²) in [5.74, 6) is 1.19. The topological polar surface area (TPSA) is 0 Å². The van der Waals surface area contributed by atoms with E-state index in [1.165, 1.54) is 11.3 Å². The van der Waals surface area contributed by atoms with Gasteiger partial charge in [0.1, 0.15) is 0 Å². The van der Waals surface area contributed by atoms with Crippen LogP contribution in [0.15, 0.2) is 11.6 Å². The molecule has 0 atom stereocenters. The van der Waals surface area contributed by atoms with Crippen molar-refractivity contribution < 1.29 is 0 Å². The maximum atomic E-state index is 3.47. The van der Waals surface area contributed by atoms with Crippen LogP contribution < -0.4 is 0 Å². The van der Waals surface area contributed by atoms with Crippen LogP contribution in [0.4, 0.5) is 0 Å². The van der Waals surface area contributed by atoms with Gasteiger partial charge in [0.05, 0.1) is 0 Å². The van der Waals surface area contributed by atoms with Gasteiger partial charge in [-0.15, -0.1) is 11.8 Å². The molecular weight excluding hydrogens is 196 g/mol. The van der Waals surface area contributed by atoms with E-state index in [4.69, 9.17) is 0 Å². The Bertz CT molecular complexity index is 138. The van der Waals surface area contributed by atoms with Crippen molar-refractivity contribution in [1.82, 2.24) is 0 Å². The third-order valence-corrected chi connectivity index (χ3v) is 3.61. The molecule has 0 aromatic heterocycles.